The molecule has 1 heterocycles. The van der Waals surface area contributed by atoms with Gasteiger partial charge in [0, 0.05) is 16.3 Å². The minimum Gasteiger partial charge on any atom is -0.383 e. The molecule has 1 aliphatic rings. The Kier molecular flexibility index (Phi) is 4.20. The van der Waals surface area contributed by atoms with Gasteiger partial charge in [-0.1, -0.05) is 64.5 Å². The fraction of sp³-hybridized carbons (Fsp3) is 0.0952. The lowest BCUT2D eigenvalue weighted by Gasteiger charge is -2.29. The molecule has 0 saturated carbocycles. The van der Waals surface area contributed by atoms with Gasteiger partial charge in [0.2, 0.25) is 0 Å². The van der Waals surface area contributed by atoms with Crippen LogP contribution in [0.15, 0.2) is 87.2 Å². The number of amidine groups is 1. The first-order valence-corrected chi connectivity index (χ1v) is 11.0. The summed E-state index contributed by atoms with van der Waals surface area (Å²) >= 11 is 3.54. The van der Waals surface area contributed by atoms with Gasteiger partial charge in [-0.2, -0.15) is 0 Å². The van der Waals surface area contributed by atoms with Crippen LogP contribution in [-0.4, -0.2) is 20.5 Å². The molecule has 2 N–H and O–H groups in total. The third kappa shape index (κ3) is 2.89. The molecule has 4 rings (SSSR count). The first kappa shape index (κ1) is 17.9. The molecule has 0 spiro atoms. The van der Waals surface area contributed by atoms with Gasteiger partial charge in [0.25, 0.3) is 0 Å². The molecule has 1 aliphatic heterocycles. The molecule has 0 fully saturated rings. The van der Waals surface area contributed by atoms with Crippen molar-refractivity contribution >= 4 is 31.6 Å². The molecule has 3 aromatic rings. The molecule has 0 radical (unpaired) electrons. The van der Waals surface area contributed by atoms with Crippen LogP contribution in [0.25, 0.3) is 0 Å². The number of hydrogen-bond acceptors (Lipinski definition) is 4. The molecule has 0 aromatic heterocycles. The Bertz CT molecular complexity index is 1170. The minimum atomic E-state index is -3.27. The standard InChI is InChI=1S/C21H17BrN2O2S/c1-27(25,26)17-11-9-14(10-12-17)21(15-5-4-6-16(22)13-15)19-8-3-2-7-18(19)20(23)24-21/h2-13H,1H3,(H2,23,24). The predicted octanol–water partition coefficient (Wildman–Crippen LogP) is 3.86. The van der Waals surface area contributed by atoms with Crippen LogP contribution in [-0.2, 0) is 15.4 Å². The zero-order chi connectivity index (χ0) is 19.2. The summed E-state index contributed by atoms with van der Waals surface area (Å²) in [5.41, 5.74) is 9.15. The second kappa shape index (κ2) is 6.32. The first-order chi connectivity index (χ1) is 12.8. The molecule has 1 unspecified atom stereocenters. The molecule has 136 valence electrons. The van der Waals surface area contributed by atoms with Crippen molar-refractivity contribution < 1.29 is 8.42 Å². The fourth-order valence-corrected chi connectivity index (χ4v) is 4.62. The Morgan fingerprint density at radius 1 is 0.926 bits per heavy atom. The Hall–Kier alpha value is -2.44. The van der Waals surface area contributed by atoms with Gasteiger partial charge in [-0.05, 0) is 41.0 Å². The molecule has 27 heavy (non-hydrogen) atoms. The van der Waals surface area contributed by atoms with E-state index in [2.05, 4.69) is 15.9 Å². The van der Waals surface area contributed by atoms with E-state index in [1.807, 2.05) is 60.7 Å². The minimum absolute atomic E-state index is 0.277. The number of rotatable bonds is 3. The third-order valence-electron chi connectivity index (χ3n) is 4.82. The van der Waals surface area contributed by atoms with Gasteiger partial charge in [-0.3, -0.25) is 0 Å². The molecule has 0 amide bonds. The summed E-state index contributed by atoms with van der Waals surface area (Å²) < 4.78 is 24.6. The van der Waals surface area contributed by atoms with Crippen LogP contribution in [0.3, 0.4) is 0 Å². The lowest BCUT2D eigenvalue weighted by molar-refractivity contribution is 0.601. The second-order valence-corrected chi connectivity index (χ2v) is 9.49. The molecule has 0 saturated heterocycles. The smallest absolute Gasteiger partial charge is 0.175 e. The van der Waals surface area contributed by atoms with Crippen LogP contribution in [0.1, 0.15) is 22.3 Å². The summed E-state index contributed by atoms with van der Waals surface area (Å²) in [5, 5.41) is 0. The van der Waals surface area contributed by atoms with Gasteiger partial charge in [-0.15, -0.1) is 0 Å². The highest BCUT2D eigenvalue weighted by Gasteiger charge is 2.42. The van der Waals surface area contributed by atoms with E-state index in [1.54, 1.807) is 12.1 Å². The number of sulfone groups is 1. The quantitative estimate of drug-likeness (QED) is 0.671. The Labute approximate surface area is 166 Å². The SMILES string of the molecule is CS(=O)(=O)c1ccc(C2(c3cccc(Br)c3)N=C(N)c3ccccc32)cc1. The number of nitrogens with zero attached hydrogens (tertiary/aromatic N) is 1. The van der Waals surface area contributed by atoms with Crippen LogP contribution in [0.2, 0.25) is 0 Å². The van der Waals surface area contributed by atoms with Crippen molar-refractivity contribution in [3.8, 4) is 0 Å². The second-order valence-electron chi connectivity index (χ2n) is 6.56. The van der Waals surface area contributed by atoms with Crippen LogP contribution in [0, 0.1) is 0 Å². The first-order valence-electron chi connectivity index (χ1n) is 8.34. The van der Waals surface area contributed by atoms with Crippen molar-refractivity contribution in [1.29, 1.82) is 0 Å². The molecule has 6 heteroatoms. The Morgan fingerprint density at radius 3 is 2.30 bits per heavy atom. The number of hydrogen-bond donors (Lipinski definition) is 1. The van der Waals surface area contributed by atoms with Crippen LogP contribution in [0.5, 0.6) is 0 Å². The van der Waals surface area contributed by atoms with Crippen molar-refractivity contribution in [3.63, 3.8) is 0 Å². The van der Waals surface area contributed by atoms with Gasteiger partial charge in [0.15, 0.2) is 9.84 Å². The summed E-state index contributed by atoms with van der Waals surface area (Å²) in [6.07, 6.45) is 1.20. The highest BCUT2D eigenvalue weighted by molar-refractivity contribution is 9.10. The molecule has 0 aliphatic carbocycles. The number of benzene rings is 3. The third-order valence-corrected chi connectivity index (χ3v) is 6.45. The fourth-order valence-electron chi connectivity index (χ4n) is 3.59. The summed E-state index contributed by atoms with van der Waals surface area (Å²) in [4.78, 5) is 5.16. The van der Waals surface area contributed by atoms with E-state index in [0.29, 0.717) is 5.84 Å². The van der Waals surface area contributed by atoms with E-state index in [0.717, 1.165) is 26.7 Å². The van der Waals surface area contributed by atoms with Crippen molar-refractivity contribution in [2.24, 2.45) is 10.7 Å². The van der Waals surface area contributed by atoms with E-state index in [9.17, 15) is 8.42 Å². The van der Waals surface area contributed by atoms with Crippen molar-refractivity contribution in [2.45, 2.75) is 10.4 Å². The maximum Gasteiger partial charge on any atom is 0.175 e. The van der Waals surface area contributed by atoms with Crippen molar-refractivity contribution in [2.75, 3.05) is 6.26 Å². The van der Waals surface area contributed by atoms with Crippen molar-refractivity contribution in [3.05, 3.63) is 99.5 Å². The van der Waals surface area contributed by atoms with E-state index in [4.69, 9.17) is 10.7 Å². The van der Waals surface area contributed by atoms with Gasteiger partial charge in [0.05, 0.1) is 4.90 Å². The molecular formula is C21H17BrN2O2S. The van der Waals surface area contributed by atoms with Crippen molar-refractivity contribution in [1.82, 2.24) is 0 Å². The maximum atomic E-state index is 11.9. The summed E-state index contributed by atoms with van der Waals surface area (Å²) in [6, 6.07) is 22.7. The largest absolute Gasteiger partial charge is 0.383 e. The number of aliphatic imine (C=N–C) groups is 1. The molecule has 3 aromatic carbocycles. The van der Waals surface area contributed by atoms with Crippen LogP contribution >= 0.6 is 15.9 Å². The molecule has 1 atom stereocenters. The lowest BCUT2D eigenvalue weighted by Crippen LogP contribution is -2.25. The molecule has 0 bridgehead atoms. The Morgan fingerprint density at radius 2 is 1.63 bits per heavy atom. The monoisotopic (exact) mass is 440 g/mol. The van der Waals surface area contributed by atoms with Gasteiger partial charge >= 0.3 is 0 Å². The average molecular weight is 441 g/mol. The average Bonchev–Trinajstić information content (AvgIpc) is 2.95. The van der Waals surface area contributed by atoms with Gasteiger partial charge in [0.1, 0.15) is 11.4 Å². The van der Waals surface area contributed by atoms with Gasteiger partial charge in [-0.25, -0.2) is 13.4 Å². The summed E-state index contributed by atoms with van der Waals surface area (Å²) in [5.74, 6) is 0.470. The number of nitrogens with two attached hydrogens (primary N) is 1. The normalized spacial score (nSPS) is 18.8. The number of fused-ring (bicyclic) bond motifs is 1. The topological polar surface area (TPSA) is 72.5 Å². The van der Waals surface area contributed by atoms with Crippen LogP contribution < -0.4 is 5.73 Å². The zero-order valence-corrected chi connectivity index (χ0v) is 17.0. The Balaban J connectivity index is 2.02. The highest BCUT2D eigenvalue weighted by atomic mass is 79.9. The highest BCUT2D eigenvalue weighted by Crippen LogP contribution is 2.46. The maximum absolute atomic E-state index is 11.9. The zero-order valence-electron chi connectivity index (χ0n) is 14.6. The number of halogens is 1. The summed E-state index contributed by atoms with van der Waals surface area (Å²) in [6.45, 7) is 0. The molecule has 4 nitrogen and oxygen atoms in total. The van der Waals surface area contributed by atoms with Gasteiger partial charge < -0.3 is 5.73 Å². The van der Waals surface area contributed by atoms with E-state index < -0.39 is 15.4 Å². The molecular weight excluding hydrogens is 424 g/mol. The van der Waals surface area contributed by atoms with E-state index in [-0.39, 0.29) is 4.90 Å². The van der Waals surface area contributed by atoms with Crippen LogP contribution in [0.4, 0.5) is 0 Å². The van der Waals surface area contributed by atoms with E-state index >= 15 is 0 Å². The summed E-state index contributed by atoms with van der Waals surface area (Å²) in [7, 11) is -3.27. The lowest BCUT2D eigenvalue weighted by atomic mass is 9.77. The predicted molar refractivity (Wildman–Crippen MR) is 111 cm³/mol. The van der Waals surface area contributed by atoms with E-state index in [1.165, 1.54) is 6.26 Å².